The highest BCUT2D eigenvalue weighted by molar-refractivity contribution is 7.85. The van der Waals surface area contributed by atoms with Crippen LogP contribution in [0.3, 0.4) is 0 Å². The van der Waals surface area contributed by atoms with Crippen molar-refractivity contribution in [3.63, 3.8) is 0 Å². The maximum Gasteiger partial charge on any atom is 0.319 e. The van der Waals surface area contributed by atoms with Crippen molar-refractivity contribution < 1.29 is 22.2 Å². The first kappa shape index (κ1) is 23.0. The molecule has 1 saturated heterocycles. The molecule has 1 aromatic carbocycles. The second-order valence-electron chi connectivity index (χ2n) is 8.46. The van der Waals surface area contributed by atoms with Crippen LogP contribution in [0.1, 0.15) is 44.1 Å². The summed E-state index contributed by atoms with van der Waals surface area (Å²) < 4.78 is 33.2. The van der Waals surface area contributed by atoms with Gasteiger partial charge in [0.1, 0.15) is 6.04 Å². The summed E-state index contributed by atoms with van der Waals surface area (Å²) >= 11 is 12.1. The number of amides is 1. The lowest BCUT2D eigenvalue weighted by Crippen LogP contribution is -2.66. The van der Waals surface area contributed by atoms with Crippen molar-refractivity contribution in [1.82, 2.24) is 4.90 Å². The molecular formula is C20H29Cl2N2O4S+. The molecule has 3 atom stereocenters. The number of carbonyl (C=O) groups excluding carboxylic acids is 1. The third kappa shape index (κ3) is 5.51. The fraction of sp³-hybridized carbons (Fsp3) is 0.650. The summed E-state index contributed by atoms with van der Waals surface area (Å²) in [5, 5.41) is 0.757. The summed E-state index contributed by atoms with van der Waals surface area (Å²) in [4.78, 5) is 15.9. The first-order chi connectivity index (χ1) is 13.6. The van der Waals surface area contributed by atoms with Crippen molar-refractivity contribution in [2.75, 3.05) is 26.0 Å². The molecule has 162 valence electrons. The molecule has 1 amide bonds. The van der Waals surface area contributed by atoms with E-state index >= 15 is 0 Å². The first-order valence-electron chi connectivity index (χ1n) is 10.1. The van der Waals surface area contributed by atoms with E-state index < -0.39 is 16.0 Å². The predicted octanol–water partition coefficient (Wildman–Crippen LogP) is 3.76. The minimum Gasteiger partial charge on any atom is -0.295 e. The van der Waals surface area contributed by atoms with Gasteiger partial charge in [-0.15, -0.1) is 0 Å². The molecule has 29 heavy (non-hydrogen) atoms. The SMILES string of the molecule is C[N+](CS(=O)(=O)O)(C(=O)Cc1ccc(Cl)c(Cl)c1)[C@@H]1CCCC[C@H]1N1CCCC1. The van der Waals surface area contributed by atoms with Gasteiger partial charge in [0.25, 0.3) is 0 Å². The Hall–Kier alpha value is -0.700. The Morgan fingerprint density at radius 1 is 1.14 bits per heavy atom. The molecule has 0 spiro atoms. The second kappa shape index (κ2) is 9.20. The molecule has 0 radical (unpaired) electrons. The number of rotatable bonds is 6. The van der Waals surface area contributed by atoms with Gasteiger partial charge < -0.3 is 0 Å². The minimum absolute atomic E-state index is 0.0339. The largest absolute Gasteiger partial charge is 0.319 e. The molecular weight excluding hydrogens is 435 g/mol. The van der Waals surface area contributed by atoms with Gasteiger partial charge in [-0.1, -0.05) is 35.7 Å². The number of hydrogen-bond acceptors (Lipinski definition) is 4. The number of likely N-dealkylation sites (tertiary alicyclic amines) is 1. The molecule has 1 heterocycles. The van der Waals surface area contributed by atoms with Crippen LogP contribution >= 0.6 is 23.2 Å². The summed E-state index contributed by atoms with van der Waals surface area (Å²) in [7, 11) is -2.69. The van der Waals surface area contributed by atoms with E-state index in [-0.39, 0.29) is 28.9 Å². The third-order valence-corrected chi connectivity index (χ3v) is 7.98. The fourth-order valence-electron chi connectivity index (χ4n) is 4.95. The highest BCUT2D eigenvalue weighted by Gasteiger charge is 2.49. The topological polar surface area (TPSA) is 74.7 Å². The van der Waals surface area contributed by atoms with Crippen molar-refractivity contribution in [1.29, 1.82) is 0 Å². The molecule has 1 aromatic rings. The molecule has 0 aromatic heterocycles. The van der Waals surface area contributed by atoms with E-state index in [1.807, 2.05) is 0 Å². The number of nitrogens with zero attached hydrogens (tertiary/aromatic N) is 2. The van der Waals surface area contributed by atoms with Gasteiger partial charge >= 0.3 is 16.0 Å². The molecule has 1 unspecified atom stereocenters. The fourth-order valence-corrected chi connectivity index (χ4v) is 6.29. The van der Waals surface area contributed by atoms with E-state index in [1.165, 1.54) is 0 Å². The lowest BCUT2D eigenvalue weighted by Gasteiger charge is -2.46. The molecule has 2 aliphatic rings. The van der Waals surface area contributed by atoms with E-state index in [4.69, 9.17) is 23.2 Å². The monoisotopic (exact) mass is 463 g/mol. The van der Waals surface area contributed by atoms with Crippen molar-refractivity contribution in [3.8, 4) is 0 Å². The Balaban J connectivity index is 1.92. The van der Waals surface area contributed by atoms with E-state index in [2.05, 4.69) is 4.90 Å². The van der Waals surface area contributed by atoms with Crippen LogP contribution in [0.2, 0.25) is 10.0 Å². The van der Waals surface area contributed by atoms with Crippen LogP contribution in [0.4, 0.5) is 0 Å². The third-order valence-electron chi connectivity index (χ3n) is 6.38. The van der Waals surface area contributed by atoms with Gasteiger partial charge in [0.05, 0.1) is 29.6 Å². The van der Waals surface area contributed by atoms with E-state index in [9.17, 15) is 17.8 Å². The van der Waals surface area contributed by atoms with Gasteiger partial charge in [-0.2, -0.15) is 8.42 Å². The average Bonchev–Trinajstić information content (AvgIpc) is 3.18. The zero-order valence-electron chi connectivity index (χ0n) is 16.7. The quantitative estimate of drug-likeness (QED) is 0.513. The standard InChI is InChI=1S/C20H28Cl2N2O4S/c1-24(14-29(26,27)28,20(25)13-15-8-9-16(21)17(22)12-15)19-7-3-2-6-18(19)23-10-4-5-11-23/h8-9,12,18-19H,2-7,10-11,13-14H2,1H3/p+1/t18-,19-,24?/m1/s1. The van der Waals surface area contributed by atoms with Gasteiger partial charge in [-0.05, 0) is 56.5 Å². The van der Waals surface area contributed by atoms with Crippen LogP contribution in [-0.4, -0.2) is 66.4 Å². The molecule has 1 N–H and O–H groups in total. The Labute approximate surface area is 183 Å². The molecule has 2 fully saturated rings. The maximum absolute atomic E-state index is 13.5. The smallest absolute Gasteiger partial charge is 0.295 e. The molecule has 3 rings (SSSR count). The van der Waals surface area contributed by atoms with Gasteiger partial charge in [0.15, 0.2) is 0 Å². The first-order valence-corrected chi connectivity index (χ1v) is 12.5. The normalized spacial score (nSPS) is 25.7. The van der Waals surface area contributed by atoms with Crippen LogP contribution < -0.4 is 0 Å². The van der Waals surface area contributed by atoms with Gasteiger partial charge in [-0.25, -0.2) is 9.28 Å². The summed E-state index contributed by atoms with van der Waals surface area (Å²) in [5.41, 5.74) is 0.678. The van der Waals surface area contributed by atoms with Crippen molar-refractivity contribution in [2.45, 2.75) is 57.0 Å². The van der Waals surface area contributed by atoms with Gasteiger partial charge in [-0.3, -0.25) is 9.45 Å². The average molecular weight is 464 g/mol. The number of halogens is 2. The predicted molar refractivity (Wildman–Crippen MR) is 115 cm³/mol. The molecule has 9 heteroatoms. The van der Waals surface area contributed by atoms with Crippen LogP contribution in [0, 0.1) is 0 Å². The van der Waals surface area contributed by atoms with Gasteiger partial charge in [0, 0.05) is 6.42 Å². The number of benzene rings is 1. The van der Waals surface area contributed by atoms with Crippen molar-refractivity contribution >= 4 is 39.2 Å². The number of quaternary nitrogens is 1. The molecule has 6 nitrogen and oxygen atoms in total. The van der Waals surface area contributed by atoms with E-state index in [1.54, 1.807) is 25.2 Å². The zero-order chi connectivity index (χ0) is 21.2. The molecule has 1 aliphatic carbocycles. The Kier molecular flexibility index (Phi) is 7.29. The lowest BCUT2D eigenvalue weighted by molar-refractivity contribution is -0.853. The van der Waals surface area contributed by atoms with Gasteiger partial charge in [0.2, 0.25) is 5.88 Å². The summed E-state index contributed by atoms with van der Waals surface area (Å²) in [6.07, 6.45) is 6.03. The van der Waals surface area contributed by atoms with Crippen LogP contribution in [-0.2, 0) is 21.3 Å². The number of carbonyl (C=O) groups is 1. The van der Waals surface area contributed by atoms with Crippen LogP contribution in [0.15, 0.2) is 18.2 Å². The zero-order valence-corrected chi connectivity index (χ0v) is 19.0. The maximum atomic E-state index is 13.5. The second-order valence-corrected chi connectivity index (χ2v) is 10.7. The Morgan fingerprint density at radius 2 is 1.79 bits per heavy atom. The Bertz CT molecular complexity index is 858. The molecule has 1 saturated carbocycles. The minimum atomic E-state index is -4.34. The summed E-state index contributed by atoms with van der Waals surface area (Å²) in [5.74, 6) is -0.848. The van der Waals surface area contributed by atoms with Crippen molar-refractivity contribution in [2.24, 2.45) is 0 Å². The summed E-state index contributed by atoms with van der Waals surface area (Å²) in [6.45, 7) is 1.96. The number of likely N-dealkylation sites (N-methyl/N-ethyl adjacent to an activating group) is 1. The van der Waals surface area contributed by atoms with Crippen molar-refractivity contribution in [3.05, 3.63) is 33.8 Å². The highest BCUT2D eigenvalue weighted by atomic mass is 35.5. The van der Waals surface area contributed by atoms with Crippen LogP contribution in [0.25, 0.3) is 0 Å². The molecule has 0 bridgehead atoms. The number of hydrogen-bond donors (Lipinski definition) is 1. The van der Waals surface area contributed by atoms with E-state index in [0.29, 0.717) is 15.6 Å². The summed E-state index contributed by atoms with van der Waals surface area (Å²) in [6, 6.07) is 4.98. The van der Waals surface area contributed by atoms with E-state index in [0.717, 1.165) is 51.6 Å². The van der Waals surface area contributed by atoms with Crippen LogP contribution in [0.5, 0.6) is 0 Å². The Morgan fingerprint density at radius 3 is 2.41 bits per heavy atom. The highest BCUT2D eigenvalue weighted by Crippen LogP contribution is 2.34. The lowest BCUT2D eigenvalue weighted by atomic mass is 9.86. The molecule has 1 aliphatic heterocycles.